The quantitative estimate of drug-likeness (QED) is 0.635. The van der Waals surface area contributed by atoms with Gasteiger partial charge in [0.1, 0.15) is 11.9 Å². The Morgan fingerprint density at radius 2 is 1.84 bits per heavy atom. The second-order valence-corrected chi connectivity index (χ2v) is 8.53. The molecule has 0 saturated carbocycles. The first-order valence-electron chi connectivity index (χ1n) is 11.0. The Labute approximate surface area is 184 Å². The molecule has 1 aromatic carbocycles. The van der Waals surface area contributed by atoms with Crippen LogP contribution in [0, 0.1) is 0 Å². The zero-order valence-corrected chi connectivity index (χ0v) is 17.6. The van der Waals surface area contributed by atoms with Gasteiger partial charge in [0.25, 0.3) is 5.56 Å². The molecule has 2 aliphatic heterocycles. The van der Waals surface area contributed by atoms with E-state index in [1.165, 1.54) is 31.5 Å². The van der Waals surface area contributed by atoms with Crippen LogP contribution < -0.4 is 15.6 Å². The molecule has 2 atom stereocenters. The van der Waals surface area contributed by atoms with Gasteiger partial charge in [-0.1, -0.05) is 12.5 Å². The fraction of sp³-hybridized carbons (Fsp3) is 0.375. The number of halogens is 1. The summed E-state index contributed by atoms with van der Waals surface area (Å²) >= 11 is 0. The molecule has 3 aromatic rings. The number of aromatic nitrogens is 3. The number of phenolic OH excluding ortho intramolecular Hbond substituents is 1. The van der Waals surface area contributed by atoms with Gasteiger partial charge in [0, 0.05) is 36.0 Å². The summed E-state index contributed by atoms with van der Waals surface area (Å²) in [6, 6.07) is 12.7. The largest absolute Gasteiger partial charge is 0.507 e. The van der Waals surface area contributed by atoms with Crippen molar-refractivity contribution in [2.45, 2.75) is 57.1 Å². The van der Waals surface area contributed by atoms with Crippen molar-refractivity contribution in [1.29, 1.82) is 0 Å². The molecule has 2 fully saturated rings. The van der Waals surface area contributed by atoms with E-state index in [1.807, 2.05) is 0 Å². The van der Waals surface area contributed by atoms with E-state index in [4.69, 9.17) is 4.74 Å². The molecule has 5 rings (SSSR count). The van der Waals surface area contributed by atoms with Crippen molar-refractivity contribution < 1.29 is 14.2 Å². The van der Waals surface area contributed by atoms with Crippen LogP contribution in [0.1, 0.15) is 32.1 Å². The molecule has 8 heteroatoms. The summed E-state index contributed by atoms with van der Waals surface area (Å²) in [5, 5.41) is 22.7. The smallest absolute Gasteiger partial charge is 0.253 e. The Hall–Kier alpha value is -3.26. The van der Waals surface area contributed by atoms with Crippen LogP contribution in [0.2, 0.25) is 0 Å². The number of nitrogens with one attached hydrogen (secondary N) is 1. The van der Waals surface area contributed by atoms with Gasteiger partial charge in [0.2, 0.25) is 5.88 Å². The van der Waals surface area contributed by atoms with Crippen molar-refractivity contribution >= 4 is 0 Å². The van der Waals surface area contributed by atoms with Gasteiger partial charge in [-0.2, -0.15) is 0 Å². The minimum Gasteiger partial charge on any atom is -0.507 e. The Kier molecular flexibility index (Phi) is 5.61. The maximum Gasteiger partial charge on any atom is 0.253 e. The van der Waals surface area contributed by atoms with Gasteiger partial charge >= 0.3 is 0 Å². The monoisotopic (exact) mass is 436 g/mol. The molecular formula is C24H25FN4O3. The topological polar surface area (TPSA) is 89.3 Å². The summed E-state index contributed by atoms with van der Waals surface area (Å²) in [5.41, 5.74) is 1.87. The van der Waals surface area contributed by atoms with Gasteiger partial charge in [-0.05, 0) is 61.1 Å². The summed E-state index contributed by atoms with van der Waals surface area (Å²) in [5.74, 6) is 0.509. The predicted octanol–water partition coefficient (Wildman–Crippen LogP) is 3.66. The van der Waals surface area contributed by atoms with Crippen LogP contribution in [0.4, 0.5) is 4.39 Å². The van der Waals surface area contributed by atoms with Crippen LogP contribution in [0.15, 0.2) is 53.5 Å². The third-order valence-electron chi connectivity index (χ3n) is 6.33. The number of benzene rings is 1. The fourth-order valence-corrected chi connectivity index (χ4v) is 4.72. The number of fused-ring (bicyclic) bond motifs is 2. The lowest BCUT2D eigenvalue weighted by atomic mass is 9.85. The Morgan fingerprint density at radius 1 is 1.06 bits per heavy atom. The number of alkyl halides is 1. The van der Waals surface area contributed by atoms with Crippen LogP contribution in [0.5, 0.6) is 11.6 Å². The first kappa shape index (κ1) is 20.6. The fourth-order valence-electron chi connectivity index (χ4n) is 4.72. The predicted molar refractivity (Wildman–Crippen MR) is 118 cm³/mol. The molecule has 0 radical (unpaired) electrons. The average Bonchev–Trinajstić information content (AvgIpc) is 2.79. The van der Waals surface area contributed by atoms with E-state index in [2.05, 4.69) is 15.5 Å². The summed E-state index contributed by atoms with van der Waals surface area (Å²) < 4.78 is 19.8. The molecule has 4 heterocycles. The summed E-state index contributed by atoms with van der Waals surface area (Å²) in [4.78, 5) is 11.9. The van der Waals surface area contributed by atoms with Gasteiger partial charge in [0.15, 0.2) is 6.80 Å². The van der Waals surface area contributed by atoms with E-state index >= 15 is 0 Å². The normalized spacial score (nSPS) is 22.5. The number of ether oxygens (including phenoxy) is 1. The first-order chi connectivity index (χ1) is 15.6. The highest BCUT2D eigenvalue weighted by Crippen LogP contribution is 2.33. The molecule has 0 aliphatic carbocycles. The highest BCUT2D eigenvalue weighted by atomic mass is 19.1. The number of pyridine rings is 1. The van der Waals surface area contributed by atoms with Crippen LogP contribution >= 0.6 is 0 Å². The third-order valence-corrected chi connectivity index (χ3v) is 6.33. The molecule has 2 N–H and O–H groups in total. The Balaban J connectivity index is 1.30. The van der Waals surface area contributed by atoms with Crippen molar-refractivity contribution in [3.8, 4) is 34.0 Å². The molecule has 0 amide bonds. The molecule has 32 heavy (non-hydrogen) atoms. The van der Waals surface area contributed by atoms with E-state index in [0.29, 0.717) is 40.3 Å². The van der Waals surface area contributed by atoms with Crippen molar-refractivity contribution in [3.63, 3.8) is 0 Å². The summed E-state index contributed by atoms with van der Waals surface area (Å²) in [6.07, 6.45) is 7.19. The van der Waals surface area contributed by atoms with E-state index in [-0.39, 0.29) is 11.9 Å². The molecule has 2 aromatic heterocycles. The van der Waals surface area contributed by atoms with Crippen molar-refractivity contribution in [2.24, 2.45) is 0 Å². The lowest BCUT2D eigenvalue weighted by Crippen LogP contribution is -2.51. The number of rotatable bonds is 5. The van der Waals surface area contributed by atoms with Crippen LogP contribution in [0.25, 0.3) is 22.4 Å². The van der Waals surface area contributed by atoms with Gasteiger partial charge in [0.05, 0.1) is 5.69 Å². The van der Waals surface area contributed by atoms with Gasteiger partial charge in [-0.15, -0.1) is 10.2 Å². The third kappa shape index (κ3) is 4.23. The Morgan fingerprint density at radius 3 is 2.50 bits per heavy atom. The first-order valence-corrected chi connectivity index (χ1v) is 11.0. The van der Waals surface area contributed by atoms with Gasteiger partial charge < -0.3 is 15.2 Å². The van der Waals surface area contributed by atoms with Crippen molar-refractivity contribution in [3.05, 3.63) is 59.0 Å². The highest BCUT2D eigenvalue weighted by molar-refractivity contribution is 5.74. The maximum atomic E-state index is 12.7. The zero-order valence-electron chi connectivity index (χ0n) is 17.6. The van der Waals surface area contributed by atoms with Crippen LogP contribution in [-0.4, -0.2) is 38.1 Å². The molecule has 0 spiro atoms. The molecule has 166 valence electrons. The standard InChI is InChI=1S/C24H25FN4O3/c25-14-29-9-8-16(11-24(29)31)15-4-5-20(22(30)10-15)21-6-7-23(28-27-21)32-19-12-17-2-1-3-18(13-19)26-17/h4-11,17-19,26,30H,1-3,12-14H2. The minimum absolute atomic E-state index is 0.0197. The van der Waals surface area contributed by atoms with E-state index < -0.39 is 12.4 Å². The van der Waals surface area contributed by atoms with E-state index in [1.54, 1.807) is 36.4 Å². The minimum atomic E-state index is -0.875. The molecular weight excluding hydrogens is 411 g/mol. The highest BCUT2D eigenvalue weighted by Gasteiger charge is 2.32. The van der Waals surface area contributed by atoms with Gasteiger partial charge in [-0.25, -0.2) is 4.39 Å². The number of hydrogen-bond donors (Lipinski definition) is 2. The number of nitrogens with zero attached hydrogens (tertiary/aromatic N) is 3. The average molecular weight is 436 g/mol. The van der Waals surface area contributed by atoms with Crippen LogP contribution in [-0.2, 0) is 6.80 Å². The number of aromatic hydroxyl groups is 1. The number of piperidine rings is 2. The summed E-state index contributed by atoms with van der Waals surface area (Å²) in [7, 11) is 0. The number of hydrogen-bond acceptors (Lipinski definition) is 6. The van der Waals surface area contributed by atoms with E-state index in [9.17, 15) is 14.3 Å². The van der Waals surface area contributed by atoms with Crippen molar-refractivity contribution in [2.75, 3.05) is 0 Å². The molecule has 2 saturated heterocycles. The lowest BCUT2D eigenvalue weighted by Gasteiger charge is -2.39. The lowest BCUT2D eigenvalue weighted by molar-refractivity contribution is 0.0881. The molecule has 2 aliphatic rings. The second-order valence-electron chi connectivity index (χ2n) is 8.53. The summed E-state index contributed by atoms with van der Waals surface area (Å²) in [6.45, 7) is -0.875. The SMILES string of the molecule is O=c1cc(-c2ccc(-c3ccc(OC4CC5CCCC(C4)N5)nn3)c(O)c2)ccn1CF. The molecule has 2 unspecified atom stereocenters. The van der Waals surface area contributed by atoms with Gasteiger partial charge in [-0.3, -0.25) is 9.36 Å². The molecule has 7 nitrogen and oxygen atoms in total. The Bertz CT molecular complexity index is 1150. The van der Waals surface area contributed by atoms with Crippen molar-refractivity contribution in [1.82, 2.24) is 20.1 Å². The zero-order chi connectivity index (χ0) is 22.1. The molecule has 2 bridgehead atoms. The second kappa shape index (κ2) is 8.70. The number of phenols is 1. The maximum absolute atomic E-state index is 12.7. The van der Waals surface area contributed by atoms with Crippen LogP contribution in [0.3, 0.4) is 0 Å². The van der Waals surface area contributed by atoms with E-state index in [0.717, 1.165) is 17.4 Å².